The van der Waals surface area contributed by atoms with Crippen LogP contribution >= 0.6 is 11.3 Å². The Kier molecular flexibility index (Phi) is 5.99. The van der Waals surface area contributed by atoms with Crippen LogP contribution < -0.4 is 10.1 Å². The third kappa shape index (κ3) is 4.16. The molecule has 0 radical (unpaired) electrons. The zero-order chi connectivity index (χ0) is 24.6. The highest BCUT2D eigenvalue weighted by Crippen LogP contribution is 2.41. The quantitative estimate of drug-likeness (QED) is 0.271. The molecule has 0 unspecified atom stereocenters. The van der Waals surface area contributed by atoms with Gasteiger partial charge in [-0.05, 0) is 71.3 Å². The number of thiophene rings is 1. The predicted octanol–water partition coefficient (Wildman–Crippen LogP) is 7.73. The minimum Gasteiger partial charge on any atom is -0.456 e. The Morgan fingerprint density at radius 2 is 1.78 bits per heavy atom. The van der Waals surface area contributed by atoms with Crippen molar-refractivity contribution in [3.05, 3.63) is 94.6 Å². The van der Waals surface area contributed by atoms with Crippen molar-refractivity contribution in [3.8, 4) is 34.0 Å². The molecular weight excluding hydrogens is 469 g/mol. The molecule has 0 saturated carbocycles. The molecule has 6 rings (SSSR count). The summed E-state index contributed by atoms with van der Waals surface area (Å²) in [6.07, 6.45) is 1.01. The molecule has 0 spiro atoms. The van der Waals surface area contributed by atoms with Gasteiger partial charge in [-0.25, -0.2) is 4.39 Å². The number of rotatable bonds is 5. The van der Waals surface area contributed by atoms with E-state index in [1.165, 1.54) is 23.3 Å². The van der Waals surface area contributed by atoms with Crippen LogP contribution in [-0.2, 0) is 13.0 Å². The minimum absolute atomic E-state index is 0.272. The van der Waals surface area contributed by atoms with Crippen LogP contribution in [0.1, 0.15) is 36.5 Å². The number of nitrogens with zero attached hydrogens (tertiary/aromatic N) is 2. The summed E-state index contributed by atoms with van der Waals surface area (Å²) in [4.78, 5) is 0. The standard InChI is InChI=1S/C30H26FN3OS/c1-18(2)23-5-3-4-6-26(23)35-27-16-22(31)9-10-24(27)29-30-25(12-14-36-30)28(33-34-29)20-7-8-21-17-32-13-11-19(21)15-20/h3-10,12,14-16,18,32H,11,13,17H2,1-2H3. The van der Waals surface area contributed by atoms with Gasteiger partial charge in [-0.2, -0.15) is 0 Å². The largest absolute Gasteiger partial charge is 0.456 e. The number of hydrogen-bond acceptors (Lipinski definition) is 5. The molecule has 0 fully saturated rings. The van der Waals surface area contributed by atoms with E-state index in [9.17, 15) is 4.39 Å². The average Bonchev–Trinajstić information content (AvgIpc) is 3.39. The van der Waals surface area contributed by atoms with Crippen molar-refractivity contribution in [2.45, 2.75) is 32.7 Å². The van der Waals surface area contributed by atoms with Crippen molar-refractivity contribution < 1.29 is 9.13 Å². The van der Waals surface area contributed by atoms with E-state index < -0.39 is 0 Å². The lowest BCUT2D eigenvalue weighted by Gasteiger charge is -2.18. The van der Waals surface area contributed by atoms with E-state index in [1.54, 1.807) is 17.4 Å². The number of benzene rings is 3. The van der Waals surface area contributed by atoms with Crippen molar-refractivity contribution in [1.29, 1.82) is 0 Å². The number of aromatic nitrogens is 2. The summed E-state index contributed by atoms with van der Waals surface area (Å²) < 4.78 is 21.7. The molecule has 0 aliphatic carbocycles. The van der Waals surface area contributed by atoms with Crippen LogP contribution in [-0.4, -0.2) is 16.7 Å². The number of para-hydroxylation sites is 1. The van der Waals surface area contributed by atoms with Crippen LogP contribution in [0.5, 0.6) is 11.5 Å². The normalized spacial score (nSPS) is 13.2. The maximum absolute atomic E-state index is 14.4. The van der Waals surface area contributed by atoms with E-state index in [4.69, 9.17) is 4.74 Å². The van der Waals surface area contributed by atoms with Gasteiger partial charge in [0.25, 0.3) is 0 Å². The van der Waals surface area contributed by atoms with Gasteiger partial charge in [-0.1, -0.05) is 44.2 Å². The van der Waals surface area contributed by atoms with Crippen molar-refractivity contribution >= 4 is 21.4 Å². The van der Waals surface area contributed by atoms with Gasteiger partial charge in [0, 0.05) is 29.1 Å². The third-order valence-corrected chi connectivity index (χ3v) is 7.63. The number of halogens is 1. The van der Waals surface area contributed by atoms with Gasteiger partial charge in [0.2, 0.25) is 0 Å². The van der Waals surface area contributed by atoms with Crippen molar-refractivity contribution in [3.63, 3.8) is 0 Å². The van der Waals surface area contributed by atoms with Crippen LogP contribution in [0.25, 0.3) is 32.6 Å². The third-order valence-electron chi connectivity index (χ3n) is 6.71. The SMILES string of the molecule is CC(C)c1ccccc1Oc1cc(F)ccc1-c1nnc(-c2ccc3c(c2)CCNC3)c2ccsc12. The van der Waals surface area contributed by atoms with Crippen LogP contribution in [0.15, 0.2) is 72.1 Å². The van der Waals surface area contributed by atoms with Crippen LogP contribution in [0, 0.1) is 5.82 Å². The van der Waals surface area contributed by atoms with Gasteiger partial charge < -0.3 is 10.1 Å². The molecule has 0 bridgehead atoms. The van der Waals surface area contributed by atoms with E-state index in [0.29, 0.717) is 11.4 Å². The summed E-state index contributed by atoms with van der Waals surface area (Å²) in [6, 6.07) is 21.1. The molecule has 6 heteroatoms. The van der Waals surface area contributed by atoms with Gasteiger partial charge in [0.15, 0.2) is 0 Å². The highest BCUT2D eigenvalue weighted by atomic mass is 32.1. The molecule has 180 valence electrons. The number of nitrogens with one attached hydrogen (secondary N) is 1. The molecule has 0 saturated heterocycles. The Hall–Kier alpha value is -3.61. The summed E-state index contributed by atoms with van der Waals surface area (Å²) in [5.74, 6) is 1.07. The maximum atomic E-state index is 14.4. The summed E-state index contributed by atoms with van der Waals surface area (Å²) >= 11 is 1.61. The molecule has 3 aromatic carbocycles. The van der Waals surface area contributed by atoms with E-state index in [0.717, 1.165) is 57.7 Å². The Labute approximate surface area is 213 Å². The highest BCUT2D eigenvalue weighted by Gasteiger charge is 2.20. The zero-order valence-electron chi connectivity index (χ0n) is 20.2. The molecule has 5 aromatic rings. The second-order valence-electron chi connectivity index (χ2n) is 9.41. The smallest absolute Gasteiger partial charge is 0.139 e. The minimum atomic E-state index is -0.355. The first kappa shape index (κ1) is 22.8. The molecule has 0 amide bonds. The lowest BCUT2D eigenvalue weighted by atomic mass is 9.96. The first-order valence-electron chi connectivity index (χ1n) is 12.2. The van der Waals surface area contributed by atoms with Gasteiger partial charge in [-0.3, -0.25) is 0 Å². The highest BCUT2D eigenvalue weighted by molar-refractivity contribution is 7.17. The number of fused-ring (bicyclic) bond motifs is 2. The van der Waals surface area contributed by atoms with Gasteiger partial charge >= 0.3 is 0 Å². The summed E-state index contributed by atoms with van der Waals surface area (Å²) in [6.45, 7) is 6.13. The van der Waals surface area contributed by atoms with Gasteiger partial charge in [-0.15, -0.1) is 21.5 Å². The van der Waals surface area contributed by atoms with Crippen molar-refractivity contribution in [1.82, 2.24) is 15.5 Å². The van der Waals surface area contributed by atoms with E-state index in [-0.39, 0.29) is 11.7 Å². The molecule has 4 nitrogen and oxygen atoms in total. The molecule has 1 N–H and O–H groups in total. The number of ether oxygens (including phenoxy) is 1. The predicted molar refractivity (Wildman–Crippen MR) is 144 cm³/mol. The summed E-state index contributed by atoms with van der Waals surface area (Å²) in [7, 11) is 0. The fourth-order valence-corrected chi connectivity index (χ4v) is 5.73. The van der Waals surface area contributed by atoms with Gasteiger partial charge in [0.1, 0.15) is 28.7 Å². The maximum Gasteiger partial charge on any atom is 0.139 e. The molecular formula is C30H26FN3OS. The molecule has 1 aliphatic rings. The van der Waals surface area contributed by atoms with E-state index in [2.05, 4.69) is 59.0 Å². The monoisotopic (exact) mass is 495 g/mol. The topological polar surface area (TPSA) is 47.0 Å². The fraction of sp³-hybridized carbons (Fsp3) is 0.200. The average molecular weight is 496 g/mol. The first-order chi connectivity index (χ1) is 17.6. The van der Waals surface area contributed by atoms with Crippen LogP contribution in [0.3, 0.4) is 0 Å². The second-order valence-corrected chi connectivity index (χ2v) is 10.3. The van der Waals surface area contributed by atoms with Crippen molar-refractivity contribution in [2.24, 2.45) is 0 Å². The second kappa shape index (κ2) is 9.45. The fourth-order valence-electron chi connectivity index (χ4n) is 4.84. The lowest BCUT2D eigenvalue weighted by molar-refractivity contribution is 0.469. The number of hydrogen-bond donors (Lipinski definition) is 1. The lowest BCUT2D eigenvalue weighted by Crippen LogP contribution is -2.23. The molecule has 36 heavy (non-hydrogen) atoms. The zero-order valence-corrected chi connectivity index (χ0v) is 21.0. The first-order valence-corrected chi connectivity index (χ1v) is 13.1. The Morgan fingerprint density at radius 3 is 2.67 bits per heavy atom. The van der Waals surface area contributed by atoms with Crippen LogP contribution in [0.2, 0.25) is 0 Å². The summed E-state index contributed by atoms with van der Waals surface area (Å²) in [5, 5.41) is 15.9. The Balaban J connectivity index is 1.46. The molecule has 3 heterocycles. The Morgan fingerprint density at radius 1 is 0.917 bits per heavy atom. The van der Waals surface area contributed by atoms with E-state index >= 15 is 0 Å². The Bertz CT molecular complexity index is 1580. The van der Waals surface area contributed by atoms with Gasteiger partial charge in [0.05, 0.1) is 4.70 Å². The van der Waals surface area contributed by atoms with Crippen LogP contribution in [0.4, 0.5) is 4.39 Å². The molecule has 0 atom stereocenters. The molecule has 2 aromatic heterocycles. The van der Waals surface area contributed by atoms with E-state index in [1.807, 2.05) is 24.3 Å². The summed E-state index contributed by atoms with van der Waals surface area (Å²) in [5.41, 5.74) is 7.12. The van der Waals surface area contributed by atoms with Crippen molar-refractivity contribution in [2.75, 3.05) is 6.54 Å². The molecule has 1 aliphatic heterocycles.